The molecule has 2 aromatic carbocycles. The highest BCUT2D eigenvalue weighted by Gasteiger charge is 2.10. The van der Waals surface area contributed by atoms with Crippen LogP contribution in [0.25, 0.3) is 0 Å². The monoisotopic (exact) mass is 273 g/mol. The van der Waals surface area contributed by atoms with Gasteiger partial charge in [-0.1, -0.05) is 6.07 Å². The molecule has 0 saturated heterocycles. The molecule has 0 saturated carbocycles. The number of carbonyl (C=O) groups excluding carboxylic acids is 1. The van der Waals surface area contributed by atoms with E-state index in [0.717, 1.165) is 12.1 Å². The molecule has 0 spiro atoms. The predicted octanol–water partition coefficient (Wildman–Crippen LogP) is 3.10. The van der Waals surface area contributed by atoms with Gasteiger partial charge in [-0.15, -0.1) is 0 Å². The standard InChI is InChI=1S/C15H9F2NO2/c16-13-5-4-11(7-14(13)17)15(19)9-20-12-3-1-2-10(6-12)8-18/h1-7H,9H2. The van der Waals surface area contributed by atoms with Gasteiger partial charge in [0.05, 0.1) is 11.6 Å². The van der Waals surface area contributed by atoms with Crippen molar-refractivity contribution in [2.24, 2.45) is 0 Å². The molecule has 3 nitrogen and oxygen atoms in total. The lowest BCUT2D eigenvalue weighted by atomic mass is 10.1. The van der Waals surface area contributed by atoms with E-state index in [4.69, 9.17) is 10.00 Å². The molecule has 0 aliphatic rings. The zero-order valence-electron chi connectivity index (χ0n) is 10.3. The van der Waals surface area contributed by atoms with E-state index in [1.54, 1.807) is 18.2 Å². The molecule has 0 amide bonds. The molecular formula is C15H9F2NO2. The fourth-order valence-corrected chi connectivity index (χ4v) is 1.56. The topological polar surface area (TPSA) is 50.1 Å². The summed E-state index contributed by atoms with van der Waals surface area (Å²) in [6.07, 6.45) is 0. The summed E-state index contributed by atoms with van der Waals surface area (Å²) in [6.45, 7) is -0.319. The number of benzene rings is 2. The molecule has 0 bridgehead atoms. The molecule has 2 aromatic rings. The number of nitrogens with zero attached hydrogens (tertiary/aromatic N) is 1. The van der Waals surface area contributed by atoms with Crippen molar-refractivity contribution in [1.29, 1.82) is 5.26 Å². The first-order valence-electron chi connectivity index (χ1n) is 5.71. The summed E-state index contributed by atoms with van der Waals surface area (Å²) in [5.41, 5.74) is 0.433. The molecule has 0 N–H and O–H groups in total. The Morgan fingerprint density at radius 3 is 2.65 bits per heavy atom. The Hall–Kier alpha value is -2.74. The van der Waals surface area contributed by atoms with Crippen molar-refractivity contribution in [2.45, 2.75) is 0 Å². The van der Waals surface area contributed by atoms with Crippen molar-refractivity contribution >= 4 is 5.78 Å². The van der Waals surface area contributed by atoms with E-state index >= 15 is 0 Å². The first-order valence-corrected chi connectivity index (χ1v) is 5.71. The van der Waals surface area contributed by atoms with Gasteiger partial charge in [-0.25, -0.2) is 8.78 Å². The van der Waals surface area contributed by atoms with Crippen LogP contribution in [0.3, 0.4) is 0 Å². The van der Waals surface area contributed by atoms with Crippen LogP contribution in [0, 0.1) is 23.0 Å². The van der Waals surface area contributed by atoms with Crippen LogP contribution in [0.4, 0.5) is 8.78 Å². The molecule has 0 heterocycles. The van der Waals surface area contributed by atoms with Crippen LogP contribution in [-0.2, 0) is 0 Å². The van der Waals surface area contributed by atoms with Crippen LogP contribution in [0.2, 0.25) is 0 Å². The zero-order valence-corrected chi connectivity index (χ0v) is 10.3. The highest BCUT2D eigenvalue weighted by Crippen LogP contribution is 2.14. The van der Waals surface area contributed by atoms with Gasteiger partial charge in [-0.2, -0.15) is 5.26 Å². The fourth-order valence-electron chi connectivity index (χ4n) is 1.56. The lowest BCUT2D eigenvalue weighted by molar-refractivity contribution is 0.0921. The van der Waals surface area contributed by atoms with E-state index in [9.17, 15) is 13.6 Å². The highest BCUT2D eigenvalue weighted by molar-refractivity contribution is 5.97. The van der Waals surface area contributed by atoms with Crippen molar-refractivity contribution < 1.29 is 18.3 Å². The fraction of sp³-hybridized carbons (Fsp3) is 0.0667. The first-order chi connectivity index (χ1) is 9.60. The van der Waals surface area contributed by atoms with Gasteiger partial charge in [0.15, 0.2) is 24.0 Å². The number of ether oxygens (including phenoxy) is 1. The summed E-state index contributed by atoms with van der Waals surface area (Å²) >= 11 is 0. The maximum absolute atomic E-state index is 13.0. The first kappa shape index (κ1) is 13.7. The third-order valence-electron chi connectivity index (χ3n) is 2.57. The maximum Gasteiger partial charge on any atom is 0.200 e. The second-order valence-electron chi connectivity index (χ2n) is 3.98. The van der Waals surface area contributed by atoms with Crippen LogP contribution in [0.15, 0.2) is 42.5 Å². The Balaban J connectivity index is 2.05. The Kier molecular flexibility index (Phi) is 4.06. The maximum atomic E-state index is 13.0. The minimum Gasteiger partial charge on any atom is -0.485 e. The molecule has 0 atom stereocenters. The molecular weight excluding hydrogens is 264 g/mol. The summed E-state index contributed by atoms with van der Waals surface area (Å²) in [7, 11) is 0. The molecule has 100 valence electrons. The summed E-state index contributed by atoms with van der Waals surface area (Å²) in [5.74, 6) is -2.21. The van der Waals surface area contributed by atoms with E-state index in [1.807, 2.05) is 6.07 Å². The minimum absolute atomic E-state index is 0.0281. The lowest BCUT2D eigenvalue weighted by Crippen LogP contribution is -2.12. The van der Waals surface area contributed by atoms with Gasteiger partial charge >= 0.3 is 0 Å². The minimum atomic E-state index is -1.08. The Labute approximate surface area is 114 Å². The van der Waals surface area contributed by atoms with Crippen molar-refractivity contribution in [2.75, 3.05) is 6.61 Å². The molecule has 0 aromatic heterocycles. The van der Waals surface area contributed by atoms with Gasteiger partial charge in [0.25, 0.3) is 0 Å². The molecule has 2 rings (SSSR count). The normalized spacial score (nSPS) is 9.85. The van der Waals surface area contributed by atoms with Gasteiger partial charge < -0.3 is 4.74 Å². The third kappa shape index (κ3) is 3.18. The smallest absolute Gasteiger partial charge is 0.200 e. The quantitative estimate of drug-likeness (QED) is 0.804. The number of hydrogen-bond acceptors (Lipinski definition) is 3. The molecule has 5 heteroatoms. The number of hydrogen-bond donors (Lipinski definition) is 0. The SMILES string of the molecule is N#Cc1cccc(OCC(=O)c2ccc(F)c(F)c2)c1. The molecule has 0 fully saturated rings. The summed E-state index contributed by atoms with van der Waals surface area (Å²) in [5, 5.41) is 8.72. The largest absolute Gasteiger partial charge is 0.485 e. The molecule has 20 heavy (non-hydrogen) atoms. The van der Waals surface area contributed by atoms with Crippen molar-refractivity contribution in [3.05, 3.63) is 65.2 Å². The van der Waals surface area contributed by atoms with Crippen LogP contribution >= 0.6 is 0 Å². The van der Waals surface area contributed by atoms with Crippen molar-refractivity contribution in [3.63, 3.8) is 0 Å². The molecule has 0 unspecified atom stereocenters. The van der Waals surface area contributed by atoms with Crippen LogP contribution in [-0.4, -0.2) is 12.4 Å². The Morgan fingerprint density at radius 2 is 1.95 bits per heavy atom. The van der Waals surface area contributed by atoms with Crippen molar-refractivity contribution in [1.82, 2.24) is 0 Å². The molecule has 0 radical (unpaired) electrons. The van der Waals surface area contributed by atoms with Gasteiger partial charge in [-0.3, -0.25) is 4.79 Å². The van der Waals surface area contributed by atoms with Crippen LogP contribution < -0.4 is 4.74 Å². The van der Waals surface area contributed by atoms with E-state index in [-0.39, 0.29) is 12.2 Å². The third-order valence-corrected chi connectivity index (χ3v) is 2.57. The van der Waals surface area contributed by atoms with E-state index in [1.165, 1.54) is 12.1 Å². The number of halogens is 2. The van der Waals surface area contributed by atoms with Crippen LogP contribution in [0.5, 0.6) is 5.75 Å². The van der Waals surface area contributed by atoms with Gasteiger partial charge in [0, 0.05) is 5.56 Å². The second-order valence-corrected chi connectivity index (χ2v) is 3.98. The van der Waals surface area contributed by atoms with E-state index in [0.29, 0.717) is 11.3 Å². The average Bonchev–Trinajstić information content (AvgIpc) is 2.47. The predicted molar refractivity (Wildman–Crippen MR) is 67.3 cm³/mol. The highest BCUT2D eigenvalue weighted by atomic mass is 19.2. The summed E-state index contributed by atoms with van der Waals surface area (Å²) in [4.78, 5) is 11.8. The number of rotatable bonds is 4. The van der Waals surface area contributed by atoms with Gasteiger partial charge in [0.1, 0.15) is 5.75 Å². The molecule has 0 aliphatic carbocycles. The van der Waals surface area contributed by atoms with E-state index in [2.05, 4.69) is 0 Å². The number of nitriles is 1. The number of ketones is 1. The lowest BCUT2D eigenvalue weighted by Gasteiger charge is -2.06. The summed E-state index contributed by atoms with van der Waals surface area (Å²) < 4.78 is 31.0. The number of carbonyl (C=O) groups is 1. The Bertz CT molecular complexity index is 693. The van der Waals surface area contributed by atoms with Gasteiger partial charge in [-0.05, 0) is 36.4 Å². The average molecular weight is 273 g/mol. The second kappa shape index (κ2) is 5.93. The summed E-state index contributed by atoms with van der Waals surface area (Å²) in [6, 6.07) is 11.2. The molecule has 0 aliphatic heterocycles. The van der Waals surface area contributed by atoms with Gasteiger partial charge in [0.2, 0.25) is 0 Å². The van der Waals surface area contributed by atoms with Crippen molar-refractivity contribution in [3.8, 4) is 11.8 Å². The van der Waals surface area contributed by atoms with E-state index < -0.39 is 17.4 Å². The number of Topliss-reactive ketones (excluding diaryl/α,β-unsaturated/α-hetero) is 1. The Morgan fingerprint density at radius 1 is 1.15 bits per heavy atom. The van der Waals surface area contributed by atoms with Crippen LogP contribution in [0.1, 0.15) is 15.9 Å². The zero-order chi connectivity index (χ0) is 14.5.